The van der Waals surface area contributed by atoms with E-state index in [4.69, 9.17) is 14.2 Å². The standard InChI is InChI=1S/C23H20N4O8/c1-33-21-8-6-15(11-22(21)34-2)12-23(28)25-24-14-16-4-3-5-18(10-16)35-20-9-7-17(26(29)30)13-19(20)27(31)32/h3-11,13-14H,12H2,1-2H3,(H,25,28)/b24-14-. The van der Waals surface area contributed by atoms with Gasteiger partial charge >= 0.3 is 5.69 Å². The largest absolute Gasteiger partial charge is 0.493 e. The van der Waals surface area contributed by atoms with Crippen molar-refractivity contribution in [1.29, 1.82) is 0 Å². The van der Waals surface area contributed by atoms with Gasteiger partial charge in [-0.05, 0) is 41.5 Å². The van der Waals surface area contributed by atoms with Gasteiger partial charge in [-0.25, -0.2) is 5.43 Å². The second-order valence-electron chi connectivity index (χ2n) is 7.00. The van der Waals surface area contributed by atoms with Gasteiger partial charge in [-0.1, -0.05) is 18.2 Å². The first-order valence-electron chi connectivity index (χ1n) is 10.0. The topological polar surface area (TPSA) is 155 Å². The predicted octanol–water partition coefficient (Wildman–Crippen LogP) is 4.01. The van der Waals surface area contributed by atoms with E-state index in [1.54, 1.807) is 36.4 Å². The van der Waals surface area contributed by atoms with Crippen LogP contribution in [0.15, 0.2) is 65.8 Å². The molecule has 35 heavy (non-hydrogen) atoms. The van der Waals surface area contributed by atoms with E-state index in [-0.39, 0.29) is 23.8 Å². The number of rotatable bonds is 10. The Hall–Kier alpha value is -5.00. The molecule has 0 saturated carbocycles. The molecule has 1 N–H and O–H groups in total. The Kier molecular flexibility index (Phi) is 7.90. The van der Waals surface area contributed by atoms with Crippen LogP contribution in [0.5, 0.6) is 23.0 Å². The van der Waals surface area contributed by atoms with Gasteiger partial charge in [0.25, 0.3) is 5.69 Å². The first-order chi connectivity index (χ1) is 16.8. The number of amides is 1. The first-order valence-corrected chi connectivity index (χ1v) is 10.0. The summed E-state index contributed by atoms with van der Waals surface area (Å²) in [6.45, 7) is 0. The molecule has 0 unspecified atom stereocenters. The third-order valence-electron chi connectivity index (χ3n) is 4.65. The summed E-state index contributed by atoms with van der Waals surface area (Å²) in [4.78, 5) is 32.9. The maximum absolute atomic E-state index is 12.2. The maximum Gasteiger partial charge on any atom is 0.318 e. The molecule has 0 aliphatic heterocycles. The van der Waals surface area contributed by atoms with Gasteiger partial charge < -0.3 is 14.2 Å². The number of carbonyl (C=O) groups excluding carboxylic acids is 1. The lowest BCUT2D eigenvalue weighted by Gasteiger charge is -2.09. The Morgan fingerprint density at radius 1 is 0.943 bits per heavy atom. The van der Waals surface area contributed by atoms with Crippen molar-refractivity contribution in [3.63, 3.8) is 0 Å². The van der Waals surface area contributed by atoms with Crippen LogP contribution < -0.4 is 19.6 Å². The lowest BCUT2D eigenvalue weighted by molar-refractivity contribution is -0.394. The van der Waals surface area contributed by atoms with Crippen molar-refractivity contribution in [3.8, 4) is 23.0 Å². The normalized spacial score (nSPS) is 10.6. The van der Waals surface area contributed by atoms with Crippen LogP contribution in [0.4, 0.5) is 11.4 Å². The molecule has 1 amide bonds. The number of nitro groups is 2. The molecule has 3 aromatic rings. The monoisotopic (exact) mass is 480 g/mol. The summed E-state index contributed by atoms with van der Waals surface area (Å²) in [5.41, 5.74) is 2.70. The zero-order valence-corrected chi connectivity index (χ0v) is 18.7. The quantitative estimate of drug-likeness (QED) is 0.259. The molecule has 3 aromatic carbocycles. The summed E-state index contributed by atoms with van der Waals surface area (Å²) >= 11 is 0. The van der Waals surface area contributed by atoms with E-state index in [1.165, 1.54) is 26.5 Å². The number of nitrogens with one attached hydrogen (secondary N) is 1. The highest BCUT2D eigenvalue weighted by Gasteiger charge is 2.21. The molecule has 12 heteroatoms. The van der Waals surface area contributed by atoms with Crippen LogP contribution in [0.2, 0.25) is 0 Å². The smallest absolute Gasteiger partial charge is 0.318 e. The zero-order valence-electron chi connectivity index (χ0n) is 18.7. The zero-order chi connectivity index (χ0) is 25.4. The van der Waals surface area contributed by atoms with Crippen molar-refractivity contribution in [2.75, 3.05) is 14.2 Å². The Labute approximate surface area is 199 Å². The van der Waals surface area contributed by atoms with Crippen molar-refractivity contribution in [1.82, 2.24) is 5.43 Å². The van der Waals surface area contributed by atoms with Gasteiger partial charge in [-0.15, -0.1) is 0 Å². The molecule has 0 aliphatic carbocycles. The molecule has 0 aliphatic rings. The van der Waals surface area contributed by atoms with Crippen LogP contribution in [0.1, 0.15) is 11.1 Å². The van der Waals surface area contributed by atoms with E-state index < -0.39 is 21.2 Å². The van der Waals surface area contributed by atoms with Gasteiger partial charge in [-0.3, -0.25) is 25.0 Å². The molecule has 0 spiro atoms. The lowest BCUT2D eigenvalue weighted by Crippen LogP contribution is -2.19. The fraction of sp³-hybridized carbons (Fsp3) is 0.130. The predicted molar refractivity (Wildman–Crippen MR) is 125 cm³/mol. The third kappa shape index (κ3) is 6.51. The highest BCUT2D eigenvalue weighted by atomic mass is 16.6. The molecule has 0 radical (unpaired) electrons. The SMILES string of the molecule is COc1ccc(CC(=O)N/N=C\c2cccc(Oc3ccc([N+](=O)[O-])cc3[N+](=O)[O-])c2)cc1OC. The van der Waals surface area contributed by atoms with Gasteiger partial charge in [-0.2, -0.15) is 5.10 Å². The van der Waals surface area contributed by atoms with Crippen molar-refractivity contribution in [2.24, 2.45) is 5.10 Å². The second kappa shape index (κ2) is 11.2. The highest BCUT2D eigenvalue weighted by Crippen LogP contribution is 2.34. The van der Waals surface area contributed by atoms with Crippen LogP contribution in [-0.2, 0) is 11.2 Å². The van der Waals surface area contributed by atoms with Crippen LogP contribution in [0.3, 0.4) is 0 Å². The number of non-ortho nitro benzene ring substituents is 1. The van der Waals surface area contributed by atoms with E-state index in [2.05, 4.69) is 10.5 Å². The molecule has 0 saturated heterocycles. The minimum atomic E-state index is -0.762. The lowest BCUT2D eigenvalue weighted by atomic mass is 10.1. The molecular formula is C23H20N4O8. The van der Waals surface area contributed by atoms with E-state index in [9.17, 15) is 25.0 Å². The number of ether oxygens (including phenoxy) is 3. The van der Waals surface area contributed by atoms with Gasteiger partial charge in [0.2, 0.25) is 11.7 Å². The number of nitro benzene ring substituents is 2. The van der Waals surface area contributed by atoms with Crippen LogP contribution in [0, 0.1) is 20.2 Å². The molecular weight excluding hydrogens is 460 g/mol. The van der Waals surface area contributed by atoms with Crippen molar-refractivity contribution in [2.45, 2.75) is 6.42 Å². The Balaban J connectivity index is 1.66. The number of hydrogen-bond donors (Lipinski definition) is 1. The van der Waals surface area contributed by atoms with Gasteiger partial charge in [0.05, 0.1) is 42.8 Å². The van der Waals surface area contributed by atoms with Gasteiger partial charge in [0.15, 0.2) is 11.5 Å². The summed E-state index contributed by atoms with van der Waals surface area (Å²) in [5, 5.41) is 26.1. The van der Waals surface area contributed by atoms with Crippen molar-refractivity contribution >= 4 is 23.5 Å². The third-order valence-corrected chi connectivity index (χ3v) is 4.65. The average molecular weight is 480 g/mol. The van der Waals surface area contributed by atoms with Crippen LogP contribution >= 0.6 is 0 Å². The Morgan fingerprint density at radius 3 is 2.37 bits per heavy atom. The molecule has 0 atom stereocenters. The number of benzene rings is 3. The summed E-state index contributed by atoms with van der Waals surface area (Å²) in [6.07, 6.45) is 1.44. The van der Waals surface area contributed by atoms with Crippen molar-refractivity contribution in [3.05, 3.63) is 92.0 Å². The Morgan fingerprint density at radius 2 is 1.69 bits per heavy atom. The molecule has 0 bridgehead atoms. The molecule has 0 aromatic heterocycles. The van der Waals surface area contributed by atoms with E-state index in [0.29, 0.717) is 22.6 Å². The first kappa shape index (κ1) is 24.6. The average Bonchev–Trinajstić information content (AvgIpc) is 2.84. The van der Waals surface area contributed by atoms with E-state index in [0.717, 1.165) is 18.2 Å². The molecule has 180 valence electrons. The summed E-state index contributed by atoms with van der Waals surface area (Å²) in [6, 6.07) is 14.6. The maximum atomic E-state index is 12.2. The molecule has 12 nitrogen and oxygen atoms in total. The minimum Gasteiger partial charge on any atom is -0.493 e. The number of nitrogens with zero attached hydrogens (tertiary/aromatic N) is 3. The highest BCUT2D eigenvalue weighted by molar-refractivity contribution is 5.83. The van der Waals surface area contributed by atoms with E-state index in [1.807, 2.05) is 0 Å². The van der Waals surface area contributed by atoms with Gasteiger partial charge in [0.1, 0.15) is 5.75 Å². The van der Waals surface area contributed by atoms with E-state index >= 15 is 0 Å². The summed E-state index contributed by atoms with van der Waals surface area (Å²) in [5.74, 6) is 0.782. The van der Waals surface area contributed by atoms with Crippen LogP contribution in [-0.4, -0.2) is 36.2 Å². The summed E-state index contributed by atoms with van der Waals surface area (Å²) in [7, 11) is 3.02. The molecule has 0 heterocycles. The number of carbonyl (C=O) groups is 1. The van der Waals surface area contributed by atoms with Crippen LogP contribution in [0.25, 0.3) is 0 Å². The number of hydrogen-bond acceptors (Lipinski definition) is 9. The number of hydrazone groups is 1. The molecule has 3 rings (SSSR count). The Bertz CT molecular complexity index is 1290. The fourth-order valence-corrected chi connectivity index (χ4v) is 3.03. The fourth-order valence-electron chi connectivity index (χ4n) is 3.03. The van der Waals surface area contributed by atoms with Gasteiger partial charge in [0, 0.05) is 6.07 Å². The summed E-state index contributed by atoms with van der Waals surface area (Å²) < 4.78 is 16.0. The van der Waals surface area contributed by atoms with Crippen molar-refractivity contribution < 1.29 is 28.9 Å². The second-order valence-corrected chi connectivity index (χ2v) is 7.00. The molecule has 0 fully saturated rings. The number of methoxy groups -OCH3 is 2. The minimum absolute atomic E-state index is 0.0602.